The third kappa shape index (κ3) is 27.9. The molecule has 0 spiro atoms. The van der Waals surface area contributed by atoms with Gasteiger partial charge in [-0.1, -0.05) is 68.5 Å². The number of hydrogen-bond acceptors (Lipinski definition) is 31. The predicted octanol–water partition coefficient (Wildman–Crippen LogP) is 12.6. The Balaban J connectivity index is 0.000000112. The van der Waals surface area contributed by atoms with E-state index in [0.29, 0.717) is 59.8 Å². The lowest BCUT2D eigenvalue weighted by atomic mass is 9.91. The number of aromatic nitrogens is 21. The van der Waals surface area contributed by atoms with Crippen molar-refractivity contribution in [3.05, 3.63) is 250 Å². The number of rotatable bonds is 29. The minimum atomic E-state index is 0.369. The molecule has 24 rings (SSSR count). The zero-order chi connectivity index (χ0) is 101. The van der Waals surface area contributed by atoms with E-state index >= 15 is 0 Å². The van der Waals surface area contributed by atoms with Crippen molar-refractivity contribution in [2.75, 3.05) is 133 Å². The highest BCUT2D eigenvalue weighted by Gasteiger charge is 2.35. The summed E-state index contributed by atoms with van der Waals surface area (Å²) in [7, 11) is 10.9. The van der Waals surface area contributed by atoms with Crippen molar-refractivity contribution in [3.63, 3.8) is 0 Å². The third-order valence-corrected chi connectivity index (χ3v) is 33.0. The fourth-order valence-corrected chi connectivity index (χ4v) is 24.8. The number of nitrogens with zero attached hydrogens (tertiary/aromatic N) is 33. The molecule has 148 heavy (non-hydrogen) atoms. The van der Waals surface area contributed by atoms with E-state index in [1.165, 1.54) is 170 Å². The summed E-state index contributed by atoms with van der Waals surface area (Å²) in [5.74, 6) is 5.56. The van der Waals surface area contributed by atoms with Crippen LogP contribution in [0.1, 0.15) is 255 Å². The van der Waals surface area contributed by atoms with Crippen LogP contribution >= 0.6 is 0 Å². The highest BCUT2D eigenvalue weighted by Crippen LogP contribution is 2.40. The average molecular weight is 2010 g/mol. The second-order valence-electron chi connectivity index (χ2n) is 43.9. The van der Waals surface area contributed by atoms with Crippen molar-refractivity contribution >= 4 is 17.6 Å². The zero-order valence-electron chi connectivity index (χ0n) is 88.3. The van der Waals surface area contributed by atoms with Gasteiger partial charge in [-0.05, 0) is 335 Å². The molecule has 13 aliphatic rings. The van der Waals surface area contributed by atoms with E-state index in [1.807, 2.05) is 65.0 Å². The first-order valence-corrected chi connectivity index (χ1v) is 55.8. The van der Waals surface area contributed by atoms with Gasteiger partial charge in [0, 0.05) is 198 Å². The van der Waals surface area contributed by atoms with Gasteiger partial charge in [-0.25, -0.2) is 4.68 Å². The quantitative estimate of drug-likeness (QED) is 0.0392. The molecular weight excluding hydrogens is 1850 g/mol. The number of likely N-dealkylation sites (tertiary alicyclic amines) is 4. The number of allylic oxidation sites excluding steroid dienone is 1. The van der Waals surface area contributed by atoms with Crippen LogP contribution in [0.2, 0.25) is 0 Å². The Morgan fingerprint density at radius 1 is 0.331 bits per heavy atom. The van der Waals surface area contributed by atoms with Crippen LogP contribution in [0.5, 0.6) is 0 Å². The van der Waals surface area contributed by atoms with Crippen LogP contribution in [0.25, 0.3) is 0 Å². The van der Waals surface area contributed by atoms with Gasteiger partial charge in [0.1, 0.15) is 0 Å². The smallest absolute Gasteiger partial charge is 0.194 e. The standard InChI is InChI=1S/C25H33N7.C24H33N7.2C22H32N8.C19H28N6/c1-30(24-9-4-6-21-7-5-13-27-25(21)24)17-23-19-32(29-28-23)16-20-10-14-31(15-11-20)18-22-8-2-3-12-26-22;1-29(23-8-2-5-20-6-3-12-26-24(20)23)16-22-18-31(28-27-22)15-19-9-13-30(14-10-19)17-21-7-4-11-25-21;2*1-28(20-6-2-4-18-5-3-9-23-21(18)20)15-19-16-30(27-26-19)14-17-7-12-29(13-8-17)22-24-10-11-25-22;1-24(18-6-2-4-16-5-3-9-21-19(16)18)14-17-12-22-23-25(17)13-15-7-10-20-11-8-15/h2-3,5,7-8,12-13,19-20,24H,4,6,9-11,14-18H2,1H3;3-4,6,11-12,18-19,23H,2,5,7-10,13-17H2,1H3;2*3,5,9,16-17,20H,2,4,6-8,10-15H2,1H3,(H,24,25);3,5,9,12,15,18,20H,2,4,6-8,10-11,13-14H2,1H3. The molecule has 786 valence electrons. The molecule has 0 bridgehead atoms. The van der Waals surface area contributed by atoms with Gasteiger partial charge in [0.25, 0.3) is 0 Å². The maximum Gasteiger partial charge on any atom is 0.194 e. The molecule has 5 aliphatic carbocycles. The first-order valence-electron chi connectivity index (χ1n) is 55.8. The Morgan fingerprint density at radius 2 is 0.676 bits per heavy atom. The first kappa shape index (κ1) is 103. The molecule has 0 saturated carbocycles. The van der Waals surface area contributed by atoms with Gasteiger partial charge in [0.05, 0.1) is 112 Å². The van der Waals surface area contributed by atoms with Crippen LogP contribution in [-0.2, 0) is 104 Å². The van der Waals surface area contributed by atoms with Gasteiger partial charge in [-0.15, -0.1) is 25.5 Å². The van der Waals surface area contributed by atoms with E-state index < -0.39 is 0 Å². The largest absolute Gasteiger partial charge is 0.354 e. The van der Waals surface area contributed by atoms with E-state index in [1.54, 1.807) is 0 Å². The molecule has 36 heteroatoms. The Morgan fingerprint density at radius 3 is 1.01 bits per heavy atom. The molecule has 36 nitrogen and oxygen atoms in total. The van der Waals surface area contributed by atoms with E-state index in [2.05, 4.69) is 309 Å². The van der Waals surface area contributed by atoms with Crippen molar-refractivity contribution in [1.82, 2.24) is 165 Å². The minimum absolute atomic E-state index is 0.369. The normalized spacial score (nSPS) is 21.5. The number of guanidine groups is 2. The van der Waals surface area contributed by atoms with Crippen LogP contribution < -0.4 is 16.0 Å². The summed E-state index contributed by atoms with van der Waals surface area (Å²) in [5, 5.41) is 54.3. The first-order chi connectivity index (χ1) is 72.8. The topological polar surface area (TPSA) is 333 Å². The summed E-state index contributed by atoms with van der Waals surface area (Å²) < 4.78 is 10.3. The van der Waals surface area contributed by atoms with Crippen molar-refractivity contribution in [2.24, 2.45) is 44.6 Å². The molecule has 8 aliphatic heterocycles. The number of pyridine rings is 6. The van der Waals surface area contributed by atoms with Gasteiger partial charge >= 0.3 is 0 Å². The van der Waals surface area contributed by atoms with Crippen LogP contribution in [0.15, 0.2) is 174 Å². The molecule has 11 aromatic rings. The molecule has 0 radical (unpaired) electrons. The summed E-state index contributed by atoms with van der Waals surface area (Å²) in [6.45, 7) is 25.8. The van der Waals surface area contributed by atoms with Crippen LogP contribution in [0.3, 0.4) is 0 Å². The van der Waals surface area contributed by atoms with Crippen LogP contribution in [-0.4, -0.2) is 300 Å². The lowest BCUT2D eigenvalue weighted by Crippen LogP contribution is -2.44. The maximum atomic E-state index is 4.69. The predicted molar refractivity (Wildman–Crippen MR) is 574 cm³/mol. The van der Waals surface area contributed by atoms with Crippen molar-refractivity contribution in [3.8, 4) is 0 Å². The highest BCUT2D eigenvalue weighted by molar-refractivity contribution is 5.89. The summed E-state index contributed by atoms with van der Waals surface area (Å²) >= 11 is 0. The lowest BCUT2D eigenvalue weighted by molar-refractivity contribution is 0.162. The van der Waals surface area contributed by atoms with E-state index in [9.17, 15) is 0 Å². The Labute approximate surface area is 874 Å². The van der Waals surface area contributed by atoms with Gasteiger partial charge in [0.15, 0.2) is 11.9 Å². The molecule has 5 atom stereocenters. The van der Waals surface area contributed by atoms with Crippen LogP contribution in [0, 0.1) is 29.6 Å². The lowest BCUT2D eigenvalue weighted by Gasteiger charge is -2.33. The number of nitrogens with one attached hydrogen (secondary N) is 3. The molecule has 19 heterocycles. The number of piperidine rings is 5. The van der Waals surface area contributed by atoms with Crippen LogP contribution in [0.4, 0.5) is 0 Å². The third-order valence-electron chi connectivity index (χ3n) is 33.0. The molecule has 5 saturated heterocycles. The van der Waals surface area contributed by atoms with Gasteiger partial charge in [0.2, 0.25) is 0 Å². The van der Waals surface area contributed by atoms with Crippen molar-refractivity contribution in [1.29, 1.82) is 0 Å². The van der Waals surface area contributed by atoms with E-state index in [4.69, 9.17) is 0 Å². The van der Waals surface area contributed by atoms with Gasteiger partial charge in [-0.2, -0.15) is 0 Å². The van der Waals surface area contributed by atoms with Gasteiger partial charge in [-0.3, -0.25) is 97.9 Å². The maximum absolute atomic E-state index is 4.69. The minimum Gasteiger partial charge on any atom is -0.354 e. The average Bonchev–Trinajstić information content (AvgIpc) is 1.22. The highest BCUT2D eigenvalue weighted by atomic mass is 15.5. The molecular formula is C112H158N36. The monoisotopic (exact) mass is 2010 g/mol. The second kappa shape index (κ2) is 51.6. The zero-order valence-corrected chi connectivity index (χ0v) is 88.3. The number of fused-ring (bicyclic) bond motifs is 5. The number of hydrogen-bond donors (Lipinski definition) is 3. The summed E-state index contributed by atoms with van der Waals surface area (Å²) in [5.41, 5.74) is 21.1. The van der Waals surface area contributed by atoms with Crippen molar-refractivity contribution in [2.45, 2.75) is 269 Å². The molecule has 0 aromatic carbocycles. The number of aliphatic imine (C=N–C) groups is 3. The SMILES string of the molecule is CN(Cc1cn(CC2CCN(C3=NCCN3)CC2)nn1)C1CCCc2cccnc21.CN(Cc1cn(CC2CCN(C3=NCCN3)CC2)nn1)C1CCCc2cccnc21.CN(Cc1cn(CC2CCN(CC3=NC=CC3)CC2)nn1)C1CCCc2cccnc21.CN(Cc1cn(CC2CCN(Cc3ccccn3)CC2)nn1)C1CCCc2cccnc21.CN(Cc1cnnn1CC1CCNCC1)C1CCCc2cccnc21. The summed E-state index contributed by atoms with van der Waals surface area (Å²) in [4.78, 5) is 63.2. The van der Waals surface area contributed by atoms with E-state index in [-0.39, 0.29) is 0 Å². The molecule has 5 unspecified atom stereocenters. The van der Waals surface area contributed by atoms with Crippen molar-refractivity contribution < 1.29 is 0 Å². The summed E-state index contributed by atoms with van der Waals surface area (Å²) in [6.07, 6.45) is 56.8. The number of aryl methyl sites for hydroxylation is 5. The Kier molecular flexibility index (Phi) is 36.1. The fraction of sp³-hybridized carbons (Fsp3) is 0.598. The Bertz CT molecular complexity index is 5930. The summed E-state index contributed by atoms with van der Waals surface area (Å²) in [6, 6.07) is 29.4. The van der Waals surface area contributed by atoms with E-state index in [0.717, 1.165) is 275 Å². The Hall–Kier alpha value is -11.8. The molecule has 3 N–H and O–H groups in total. The molecule has 0 amide bonds. The second-order valence-corrected chi connectivity index (χ2v) is 43.9. The molecule has 5 fully saturated rings. The fourth-order valence-electron chi connectivity index (χ4n) is 24.8. The molecule has 11 aromatic heterocycles. The van der Waals surface area contributed by atoms with Gasteiger partial charge < -0.3 is 25.8 Å².